The van der Waals surface area contributed by atoms with Crippen LogP contribution in [-0.2, 0) is 16.7 Å². The number of methoxy groups -OCH3 is 1. The molecule has 0 aromatic heterocycles. The Bertz CT molecular complexity index is 1110. The molecule has 0 saturated heterocycles. The molecule has 2 heterocycles. The summed E-state index contributed by atoms with van der Waals surface area (Å²) >= 11 is 0. The Morgan fingerprint density at radius 2 is 1.88 bits per heavy atom. The molecule has 5 rings (SSSR count). The molecule has 2 aromatic rings. The Hall–Kier alpha value is -3.12. The van der Waals surface area contributed by atoms with Crippen LogP contribution in [-0.4, -0.2) is 49.6 Å². The van der Waals surface area contributed by atoms with E-state index < -0.39 is 5.97 Å². The molecule has 0 radical (unpaired) electrons. The lowest BCUT2D eigenvalue weighted by atomic mass is 9.69. The Balaban J connectivity index is 1.41. The van der Waals surface area contributed by atoms with Gasteiger partial charge in [-0.2, -0.15) is 0 Å². The molecule has 3 aliphatic rings. The van der Waals surface area contributed by atoms with Crippen molar-refractivity contribution in [2.24, 2.45) is 0 Å². The van der Waals surface area contributed by atoms with Gasteiger partial charge in [0.15, 0.2) is 17.3 Å². The van der Waals surface area contributed by atoms with Gasteiger partial charge in [0.2, 0.25) is 0 Å². The van der Waals surface area contributed by atoms with Crippen LogP contribution < -0.4 is 9.47 Å². The monoisotopic (exact) mass is 433 g/mol. The van der Waals surface area contributed by atoms with Crippen LogP contribution in [0.4, 0.5) is 0 Å². The number of nitrogens with zero attached hydrogens (tertiary/aromatic N) is 1. The van der Waals surface area contributed by atoms with Crippen LogP contribution in [0.5, 0.6) is 11.5 Å². The van der Waals surface area contributed by atoms with E-state index in [1.54, 1.807) is 31.4 Å². The van der Waals surface area contributed by atoms with E-state index in [0.29, 0.717) is 17.5 Å². The van der Waals surface area contributed by atoms with Crippen LogP contribution in [0.3, 0.4) is 0 Å². The van der Waals surface area contributed by atoms with Crippen LogP contribution in [0.15, 0.2) is 48.6 Å². The minimum absolute atomic E-state index is 0.0350. The molecule has 2 aromatic carbocycles. The van der Waals surface area contributed by atoms with Crippen molar-refractivity contribution < 1.29 is 23.8 Å². The average Bonchev–Trinajstić information content (AvgIpc) is 3.05. The number of rotatable bonds is 4. The van der Waals surface area contributed by atoms with Crippen LogP contribution in [0.1, 0.15) is 51.6 Å². The van der Waals surface area contributed by atoms with Gasteiger partial charge in [-0.15, -0.1) is 0 Å². The number of hydrogen-bond donors (Lipinski definition) is 0. The van der Waals surface area contributed by atoms with E-state index in [9.17, 15) is 9.59 Å². The number of carbonyl (C=O) groups excluding carboxylic acids is 2. The van der Waals surface area contributed by atoms with E-state index in [1.165, 1.54) is 18.1 Å². The van der Waals surface area contributed by atoms with Crippen molar-refractivity contribution in [2.45, 2.75) is 43.9 Å². The van der Waals surface area contributed by atoms with Gasteiger partial charge in [0.25, 0.3) is 0 Å². The molecule has 166 valence electrons. The summed E-state index contributed by atoms with van der Waals surface area (Å²) in [6, 6.07) is 10.7. The Labute approximate surface area is 187 Å². The van der Waals surface area contributed by atoms with E-state index in [1.807, 2.05) is 12.1 Å². The number of esters is 1. The zero-order valence-corrected chi connectivity index (χ0v) is 18.6. The SMILES string of the molecule is COc1ccc2c3c1O[C@H]1C[C@@H](OC(=O)c4ccc(C(C)=O)cc4)C=C[C@@]31CCN(C)C2. The number of ketones is 1. The highest BCUT2D eigenvalue weighted by atomic mass is 16.6. The van der Waals surface area contributed by atoms with Gasteiger partial charge < -0.3 is 19.1 Å². The highest BCUT2D eigenvalue weighted by Crippen LogP contribution is 2.55. The fourth-order valence-corrected chi connectivity index (χ4v) is 5.20. The van der Waals surface area contributed by atoms with Crippen molar-refractivity contribution in [3.63, 3.8) is 0 Å². The van der Waals surface area contributed by atoms with Gasteiger partial charge in [-0.3, -0.25) is 4.79 Å². The minimum Gasteiger partial charge on any atom is -0.493 e. The number of ether oxygens (including phenoxy) is 3. The first kappa shape index (κ1) is 20.8. The number of benzene rings is 2. The molecule has 1 spiro atoms. The van der Waals surface area contributed by atoms with E-state index >= 15 is 0 Å². The fourth-order valence-electron chi connectivity index (χ4n) is 5.20. The summed E-state index contributed by atoms with van der Waals surface area (Å²) in [5.74, 6) is 1.13. The quantitative estimate of drug-likeness (QED) is 0.414. The lowest BCUT2D eigenvalue weighted by Crippen LogP contribution is -2.43. The standard InChI is InChI=1S/C26H27NO5/c1-16(28)17-4-6-18(7-5-17)25(29)31-20-10-11-26-12-13-27(2)15-19-8-9-21(30-3)24(23(19)26)32-22(26)14-20/h4-11,20,22H,12-15H2,1-3H3/t20-,22-,26-/m0/s1. The smallest absolute Gasteiger partial charge is 0.338 e. The topological polar surface area (TPSA) is 65.1 Å². The van der Waals surface area contributed by atoms with Gasteiger partial charge in [0.05, 0.1) is 18.1 Å². The van der Waals surface area contributed by atoms with Crippen LogP contribution in [0.2, 0.25) is 0 Å². The molecule has 0 N–H and O–H groups in total. The van der Waals surface area contributed by atoms with Gasteiger partial charge in [-0.25, -0.2) is 4.79 Å². The number of hydrogen-bond acceptors (Lipinski definition) is 6. The zero-order valence-electron chi connectivity index (χ0n) is 18.6. The summed E-state index contributed by atoms with van der Waals surface area (Å²) in [6.07, 6.45) is 5.20. The summed E-state index contributed by atoms with van der Waals surface area (Å²) in [7, 11) is 3.80. The normalized spacial score (nSPS) is 25.8. The minimum atomic E-state index is -0.403. The fraction of sp³-hybridized carbons (Fsp3) is 0.385. The third kappa shape index (κ3) is 3.30. The summed E-state index contributed by atoms with van der Waals surface area (Å²) in [4.78, 5) is 26.5. The molecule has 0 unspecified atom stereocenters. The molecule has 1 aliphatic carbocycles. The molecular weight excluding hydrogens is 406 g/mol. The molecule has 0 amide bonds. The first-order chi connectivity index (χ1) is 15.4. The first-order valence-corrected chi connectivity index (χ1v) is 11.0. The van der Waals surface area contributed by atoms with Crippen LogP contribution in [0.25, 0.3) is 0 Å². The number of carbonyl (C=O) groups is 2. The first-order valence-electron chi connectivity index (χ1n) is 11.0. The van der Waals surface area contributed by atoms with Crippen molar-refractivity contribution in [1.29, 1.82) is 0 Å². The van der Waals surface area contributed by atoms with E-state index in [-0.39, 0.29) is 23.4 Å². The molecule has 2 aliphatic heterocycles. The molecular formula is C26H27NO5. The van der Waals surface area contributed by atoms with Crippen LogP contribution >= 0.6 is 0 Å². The highest BCUT2D eigenvalue weighted by molar-refractivity contribution is 5.96. The third-order valence-electron chi connectivity index (χ3n) is 6.92. The Kier molecular flexibility index (Phi) is 5.05. The average molecular weight is 434 g/mol. The predicted octanol–water partition coefficient (Wildman–Crippen LogP) is 3.92. The second-order valence-corrected chi connectivity index (χ2v) is 8.94. The largest absolute Gasteiger partial charge is 0.493 e. The van der Waals surface area contributed by atoms with Crippen molar-refractivity contribution in [3.8, 4) is 11.5 Å². The van der Waals surface area contributed by atoms with Gasteiger partial charge >= 0.3 is 5.97 Å². The summed E-state index contributed by atoms with van der Waals surface area (Å²) < 4.78 is 17.9. The van der Waals surface area contributed by atoms with Gasteiger partial charge in [0, 0.05) is 24.1 Å². The molecule has 32 heavy (non-hydrogen) atoms. The predicted molar refractivity (Wildman–Crippen MR) is 119 cm³/mol. The van der Waals surface area contributed by atoms with Gasteiger partial charge in [-0.1, -0.05) is 24.3 Å². The van der Waals surface area contributed by atoms with Crippen molar-refractivity contribution in [1.82, 2.24) is 4.90 Å². The maximum Gasteiger partial charge on any atom is 0.338 e. The van der Waals surface area contributed by atoms with E-state index in [2.05, 4.69) is 24.1 Å². The van der Waals surface area contributed by atoms with Crippen LogP contribution in [0, 0.1) is 0 Å². The lowest BCUT2D eigenvalue weighted by Gasteiger charge is -2.36. The molecule has 0 fully saturated rings. The van der Waals surface area contributed by atoms with E-state index in [4.69, 9.17) is 14.2 Å². The van der Waals surface area contributed by atoms with Gasteiger partial charge in [0.1, 0.15) is 12.2 Å². The lowest BCUT2D eigenvalue weighted by molar-refractivity contribution is 0.0217. The van der Waals surface area contributed by atoms with Crippen molar-refractivity contribution in [3.05, 3.63) is 70.8 Å². The summed E-state index contributed by atoms with van der Waals surface area (Å²) in [6.45, 7) is 3.32. The molecule has 6 heteroatoms. The maximum absolute atomic E-state index is 12.7. The van der Waals surface area contributed by atoms with Crippen molar-refractivity contribution >= 4 is 11.8 Å². The molecule has 3 atom stereocenters. The highest BCUT2D eigenvalue weighted by Gasteiger charge is 2.53. The number of Topliss-reactive ketones (excluding diaryl/α,β-unsaturated/α-hetero) is 1. The Morgan fingerprint density at radius 3 is 2.59 bits per heavy atom. The van der Waals surface area contributed by atoms with E-state index in [0.717, 1.165) is 31.0 Å². The second kappa shape index (κ2) is 7.78. The second-order valence-electron chi connectivity index (χ2n) is 8.94. The maximum atomic E-state index is 12.7. The van der Waals surface area contributed by atoms with Crippen molar-refractivity contribution in [2.75, 3.05) is 20.7 Å². The summed E-state index contributed by atoms with van der Waals surface area (Å²) in [5, 5.41) is 0. The Morgan fingerprint density at radius 1 is 1.12 bits per heavy atom. The summed E-state index contributed by atoms with van der Waals surface area (Å²) in [5.41, 5.74) is 3.23. The van der Waals surface area contributed by atoms with Gasteiger partial charge in [-0.05, 0) is 56.8 Å². The zero-order chi connectivity index (χ0) is 22.5. The third-order valence-corrected chi connectivity index (χ3v) is 6.92. The molecule has 0 saturated carbocycles. The molecule has 6 nitrogen and oxygen atoms in total. The molecule has 0 bridgehead atoms.